The number of aliphatic hydroxyl groups is 1. The molecule has 0 radical (unpaired) electrons. The zero-order valence-electron chi connectivity index (χ0n) is 10.9. The highest BCUT2D eigenvalue weighted by Gasteiger charge is 2.17. The van der Waals surface area contributed by atoms with Crippen LogP contribution in [0.25, 0.3) is 10.8 Å². The van der Waals surface area contributed by atoms with Crippen molar-refractivity contribution < 1.29 is 5.11 Å². The van der Waals surface area contributed by atoms with Crippen LogP contribution in [0.2, 0.25) is 10.0 Å². The smallest absolute Gasteiger partial charge is 0.106 e. The van der Waals surface area contributed by atoms with Crippen LogP contribution in [0.1, 0.15) is 17.2 Å². The molecule has 0 amide bonds. The summed E-state index contributed by atoms with van der Waals surface area (Å²) < 4.78 is 0.779. The minimum Gasteiger partial charge on any atom is -0.384 e. The van der Waals surface area contributed by atoms with E-state index in [4.69, 9.17) is 23.2 Å². The summed E-state index contributed by atoms with van der Waals surface area (Å²) in [4.78, 5) is 0. The monoisotopic (exact) mass is 380 g/mol. The predicted molar refractivity (Wildman–Crippen MR) is 92.2 cm³/mol. The van der Waals surface area contributed by atoms with Crippen molar-refractivity contribution in [1.82, 2.24) is 0 Å². The van der Waals surface area contributed by atoms with Crippen molar-refractivity contribution in [3.63, 3.8) is 0 Å². The number of hydrogen-bond acceptors (Lipinski definition) is 1. The van der Waals surface area contributed by atoms with Gasteiger partial charge in [0.1, 0.15) is 6.10 Å². The van der Waals surface area contributed by atoms with Crippen LogP contribution in [0.5, 0.6) is 0 Å². The molecular weight excluding hydrogens is 371 g/mol. The molecular formula is C17H11BrCl2O. The molecule has 0 aromatic heterocycles. The normalized spacial score (nSPS) is 12.6. The van der Waals surface area contributed by atoms with Crippen LogP contribution in [0.3, 0.4) is 0 Å². The first-order chi connectivity index (χ1) is 10.1. The Labute approximate surface area is 141 Å². The lowest BCUT2D eigenvalue weighted by atomic mass is 9.96. The molecule has 0 saturated heterocycles. The first-order valence-corrected chi connectivity index (χ1v) is 7.93. The van der Waals surface area contributed by atoms with Crippen molar-refractivity contribution in [2.24, 2.45) is 0 Å². The summed E-state index contributed by atoms with van der Waals surface area (Å²) in [7, 11) is 0. The molecule has 1 nitrogen and oxygen atoms in total. The molecule has 0 aliphatic heterocycles. The maximum absolute atomic E-state index is 10.7. The van der Waals surface area contributed by atoms with E-state index in [2.05, 4.69) is 15.9 Å². The van der Waals surface area contributed by atoms with E-state index in [0.29, 0.717) is 10.0 Å². The Morgan fingerprint density at radius 2 is 1.52 bits per heavy atom. The van der Waals surface area contributed by atoms with Gasteiger partial charge < -0.3 is 5.11 Å². The molecule has 4 heteroatoms. The Balaban J connectivity index is 2.18. The third-order valence-corrected chi connectivity index (χ3v) is 4.71. The van der Waals surface area contributed by atoms with E-state index in [1.54, 1.807) is 12.1 Å². The molecule has 0 aliphatic carbocycles. The standard InChI is InChI=1S/C17H11BrCl2O/c18-15-9-10(19)5-6-14(15)17(21)13-7-8-16(20)12-4-2-1-3-11(12)13/h1-9,17,21H. The SMILES string of the molecule is OC(c1ccc(Cl)cc1Br)c1ccc(Cl)c2ccccc12. The molecule has 0 saturated carbocycles. The van der Waals surface area contributed by atoms with Crippen molar-refractivity contribution in [1.29, 1.82) is 0 Å². The second-order valence-corrected chi connectivity index (χ2v) is 6.45. The second-order valence-electron chi connectivity index (χ2n) is 4.75. The van der Waals surface area contributed by atoms with E-state index < -0.39 is 6.10 Å². The molecule has 0 fully saturated rings. The van der Waals surface area contributed by atoms with Gasteiger partial charge in [-0.15, -0.1) is 0 Å². The molecule has 3 rings (SSSR count). The van der Waals surface area contributed by atoms with E-state index >= 15 is 0 Å². The highest BCUT2D eigenvalue weighted by molar-refractivity contribution is 9.10. The summed E-state index contributed by atoms with van der Waals surface area (Å²) in [5.74, 6) is 0. The van der Waals surface area contributed by atoms with Gasteiger partial charge in [0.15, 0.2) is 0 Å². The molecule has 3 aromatic rings. The van der Waals surface area contributed by atoms with E-state index in [9.17, 15) is 5.11 Å². The minimum absolute atomic E-state index is 0.624. The third kappa shape index (κ3) is 2.82. The molecule has 3 aromatic carbocycles. The van der Waals surface area contributed by atoms with Gasteiger partial charge in [-0.1, -0.05) is 75.5 Å². The largest absolute Gasteiger partial charge is 0.384 e. The quantitative estimate of drug-likeness (QED) is 0.577. The van der Waals surface area contributed by atoms with Gasteiger partial charge in [0, 0.05) is 19.9 Å². The summed E-state index contributed by atoms with van der Waals surface area (Å²) in [5, 5.41) is 13.9. The molecule has 0 heterocycles. The average Bonchev–Trinajstić information content (AvgIpc) is 2.47. The first kappa shape index (κ1) is 14.9. The first-order valence-electron chi connectivity index (χ1n) is 6.38. The number of hydrogen-bond donors (Lipinski definition) is 1. The maximum Gasteiger partial charge on any atom is 0.106 e. The Morgan fingerprint density at radius 1 is 0.857 bits per heavy atom. The van der Waals surface area contributed by atoms with E-state index in [1.165, 1.54) is 0 Å². The summed E-state index contributed by atoms with van der Waals surface area (Å²) >= 11 is 15.6. The summed E-state index contributed by atoms with van der Waals surface area (Å²) in [6.45, 7) is 0. The van der Waals surface area contributed by atoms with Crippen molar-refractivity contribution in [2.45, 2.75) is 6.10 Å². The highest BCUT2D eigenvalue weighted by Crippen LogP contribution is 2.36. The number of fused-ring (bicyclic) bond motifs is 1. The number of aliphatic hydroxyl groups excluding tert-OH is 1. The van der Waals surface area contributed by atoms with Crippen LogP contribution in [-0.2, 0) is 0 Å². The third-order valence-electron chi connectivity index (χ3n) is 3.46. The van der Waals surface area contributed by atoms with Gasteiger partial charge in [0.05, 0.1) is 0 Å². The zero-order valence-corrected chi connectivity index (χ0v) is 14.0. The van der Waals surface area contributed by atoms with Gasteiger partial charge in [-0.2, -0.15) is 0 Å². The zero-order chi connectivity index (χ0) is 15.0. The van der Waals surface area contributed by atoms with E-state index in [0.717, 1.165) is 26.4 Å². The van der Waals surface area contributed by atoms with E-state index in [1.807, 2.05) is 42.5 Å². The fourth-order valence-electron chi connectivity index (χ4n) is 2.41. The van der Waals surface area contributed by atoms with Crippen molar-refractivity contribution >= 4 is 49.9 Å². The van der Waals surface area contributed by atoms with Gasteiger partial charge in [0.25, 0.3) is 0 Å². The number of rotatable bonds is 2. The number of benzene rings is 3. The molecule has 1 N–H and O–H groups in total. The topological polar surface area (TPSA) is 20.2 Å². The lowest BCUT2D eigenvalue weighted by molar-refractivity contribution is 0.221. The van der Waals surface area contributed by atoms with Gasteiger partial charge in [-0.3, -0.25) is 0 Å². The summed E-state index contributed by atoms with van der Waals surface area (Å²) in [6, 6.07) is 16.8. The number of halogens is 3. The minimum atomic E-state index is -0.751. The molecule has 0 spiro atoms. The van der Waals surface area contributed by atoms with Gasteiger partial charge in [-0.05, 0) is 34.7 Å². The van der Waals surface area contributed by atoms with Crippen LogP contribution in [0.4, 0.5) is 0 Å². The Bertz CT molecular complexity index is 817. The molecule has 0 bridgehead atoms. The predicted octanol–water partition coefficient (Wildman–Crippen LogP) is 5.99. The summed E-state index contributed by atoms with van der Waals surface area (Å²) in [6.07, 6.45) is -0.751. The van der Waals surface area contributed by atoms with E-state index in [-0.39, 0.29) is 0 Å². The fraction of sp³-hybridized carbons (Fsp3) is 0.0588. The van der Waals surface area contributed by atoms with Gasteiger partial charge in [0.2, 0.25) is 0 Å². The lowest BCUT2D eigenvalue weighted by Crippen LogP contribution is -2.01. The van der Waals surface area contributed by atoms with Crippen LogP contribution in [0, 0.1) is 0 Å². The van der Waals surface area contributed by atoms with Crippen LogP contribution in [0.15, 0.2) is 59.1 Å². The van der Waals surface area contributed by atoms with Crippen LogP contribution >= 0.6 is 39.1 Å². The molecule has 0 aliphatic rings. The molecule has 1 atom stereocenters. The maximum atomic E-state index is 10.7. The highest BCUT2D eigenvalue weighted by atomic mass is 79.9. The summed E-state index contributed by atoms with van der Waals surface area (Å²) in [5.41, 5.74) is 1.59. The van der Waals surface area contributed by atoms with Crippen molar-refractivity contribution in [3.05, 3.63) is 80.2 Å². The molecule has 1 unspecified atom stereocenters. The Kier molecular flexibility index (Phi) is 4.23. The van der Waals surface area contributed by atoms with Crippen LogP contribution < -0.4 is 0 Å². The Morgan fingerprint density at radius 3 is 2.24 bits per heavy atom. The van der Waals surface area contributed by atoms with Crippen LogP contribution in [-0.4, -0.2) is 5.11 Å². The van der Waals surface area contributed by atoms with Crippen molar-refractivity contribution in [2.75, 3.05) is 0 Å². The molecule has 106 valence electrons. The fourth-order valence-corrected chi connectivity index (χ4v) is 3.54. The van der Waals surface area contributed by atoms with Crippen molar-refractivity contribution in [3.8, 4) is 0 Å². The van der Waals surface area contributed by atoms with Gasteiger partial charge in [-0.25, -0.2) is 0 Å². The molecule has 21 heavy (non-hydrogen) atoms. The van der Waals surface area contributed by atoms with Gasteiger partial charge >= 0.3 is 0 Å². The lowest BCUT2D eigenvalue weighted by Gasteiger charge is -2.16. The average molecular weight is 382 g/mol. The Hall–Kier alpha value is -1.06. The second kappa shape index (κ2) is 5.98.